The highest BCUT2D eigenvalue weighted by molar-refractivity contribution is 6.12. The normalized spacial score (nSPS) is 13.0. The molecule has 4 heteroatoms. The Balaban J connectivity index is 1.14. The summed E-state index contributed by atoms with van der Waals surface area (Å²) in [6.07, 6.45) is 0. The van der Waals surface area contributed by atoms with E-state index >= 15 is 0 Å². The second-order valence-corrected chi connectivity index (χ2v) is 16.5. The van der Waals surface area contributed by atoms with E-state index in [0.717, 1.165) is 39.0 Å². The van der Waals surface area contributed by atoms with Crippen LogP contribution >= 0.6 is 0 Å². The molecule has 4 nitrogen and oxygen atoms in total. The second kappa shape index (κ2) is 13.2. The Bertz CT molecular complexity index is 3450. The lowest BCUT2D eigenvalue weighted by Gasteiger charge is -2.22. The molecule has 0 spiro atoms. The molecule has 1 aliphatic carbocycles. The van der Waals surface area contributed by atoms with E-state index in [-0.39, 0.29) is 5.41 Å². The fourth-order valence-corrected chi connectivity index (χ4v) is 9.61. The van der Waals surface area contributed by atoms with Gasteiger partial charge in [-0.25, -0.2) is 15.0 Å². The first-order valence-electron chi connectivity index (χ1n) is 20.6. The van der Waals surface area contributed by atoms with Crippen LogP contribution in [0.1, 0.15) is 25.0 Å². The van der Waals surface area contributed by atoms with Gasteiger partial charge >= 0.3 is 0 Å². The maximum absolute atomic E-state index is 5.22. The number of benzene rings is 9. The molecular formula is C56H38N4. The van der Waals surface area contributed by atoms with E-state index < -0.39 is 0 Å². The average molecular weight is 767 g/mol. The van der Waals surface area contributed by atoms with Gasteiger partial charge in [0.15, 0.2) is 17.5 Å². The summed E-state index contributed by atoms with van der Waals surface area (Å²) >= 11 is 0. The van der Waals surface area contributed by atoms with Crippen LogP contribution in [-0.2, 0) is 5.41 Å². The number of aromatic nitrogens is 4. The van der Waals surface area contributed by atoms with E-state index in [2.05, 4.69) is 176 Å². The topological polar surface area (TPSA) is 43.6 Å². The van der Waals surface area contributed by atoms with Gasteiger partial charge in [0.25, 0.3) is 0 Å². The molecule has 0 amide bonds. The largest absolute Gasteiger partial charge is 0.309 e. The minimum Gasteiger partial charge on any atom is -0.309 e. The molecule has 60 heavy (non-hydrogen) atoms. The van der Waals surface area contributed by atoms with Crippen LogP contribution in [0.3, 0.4) is 0 Å². The molecule has 11 aromatic rings. The standard InChI is InChI=1S/C56H38N4/c1-56(2)49-23-13-11-21-45(49)47-33-48-46-22-12-14-24-51(46)60(52(48)34-50(47)56)42-31-40(38-27-28-44-39(29-38)26-25-35-15-9-10-20-43(35)44)30-41(32-42)55-58-53(36-16-5-3-6-17-36)57-54(59-55)37-18-7-4-8-19-37/h3-34H,1-2H3. The molecule has 0 fully saturated rings. The Morgan fingerprint density at radius 2 is 0.950 bits per heavy atom. The number of fused-ring (bicyclic) bond motifs is 9. The number of nitrogens with zero attached hydrogens (tertiary/aromatic N) is 4. The summed E-state index contributed by atoms with van der Waals surface area (Å²) < 4.78 is 2.45. The molecule has 0 saturated heterocycles. The van der Waals surface area contributed by atoms with E-state index in [0.29, 0.717) is 17.5 Å². The first kappa shape index (κ1) is 34.4. The molecule has 0 bridgehead atoms. The fraction of sp³-hybridized carbons (Fsp3) is 0.0536. The monoisotopic (exact) mass is 766 g/mol. The quantitative estimate of drug-likeness (QED) is 0.164. The van der Waals surface area contributed by atoms with Crippen molar-refractivity contribution in [1.82, 2.24) is 19.5 Å². The maximum atomic E-state index is 5.22. The van der Waals surface area contributed by atoms with Crippen molar-refractivity contribution in [3.05, 3.63) is 205 Å². The first-order valence-corrected chi connectivity index (χ1v) is 20.6. The molecular weight excluding hydrogens is 729 g/mol. The van der Waals surface area contributed by atoms with Crippen LogP contribution in [0.25, 0.3) is 105 Å². The van der Waals surface area contributed by atoms with E-state index in [4.69, 9.17) is 15.0 Å². The lowest BCUT2D eigenvalue weighted by molar-refractivity contribution is 0.661. The van der Waals surface area contributed by atoms with Crippen LogP contribution in [0.2, 0.25) is 0 Å². The Kier molecular flexibility index (Phi) is 7.54. The molecule has 2 heterocycles. The van der Waals surface area contributed by atoms with Crippen molar-refractivity contribution in [3.63, 3.8) is 0 Å². The summed E-state index contributed by atoms with van der Waals surface area (Å²) in [6, 6.07) is 69.7. The second-order valence-electron chi connectivity index (χ2n) is 16.5. The van der Waals surface area contributed by atoms with Gasteiger partial charge in [-0.1, -0.05) is 166 Å². The van der Waals surface area contributed by atoms with Crippen LogP contribution in [0.15, 0.2) is 194 Å². The Labute approximate surface area is 348 Å². The lowest BCUT2D eigenvalue weighted by atomic mass is 9.82. The maximum Gasteiger partial charge on any atom is 0.164 e. The van der Waals surface area contributed by atoms with Crippen molar-refractivity contribution < 1.29 is 0 Å². The third-order valence-corrected chi connectivity index (χ3v) is 12.6. The Morgan fingerprint density at radius 1 is 0.350 bits per heavy atom. The molecule has 12 rings (SSSR count). The van der Waals surface area contributed by atoms with Crippen molar-refractivity contribution in [2.75, 3.05) is 0 Å². The fourth-order valence-electron chi connectivity index (χ4n) is 9.61. The van der Waals surface area contributed by atoms with Gasteiger partial charge in [0.2, 0.25) is 0 Å². The molecule has 2 aromatic heterocycles. The zero-order chi connectivity index (χ0) is 40.0. The lowest BCUT2D eigenvalue weighted by Crippen LogP contribution is -2.15. The van der Waals surface area contributed by atoms with E-state index in [1.54, 1.807) is 0 Å². The van der Waals surface area contributed by atoms with Gasteiger partial charge in [0, 0.05) is 38.6 Å². The Hall–Kier alpha value is -7.69. The van der Waals surface area contributed by atoms with Crippen molar-refractivity contribution in [1.29, 1.82) is 0 Å². The van der Waals surface area contributed by atoms with Crippen molar-refractivity contribution in [2.45, 2.75) is 19.3 Å². The molecule has 282 valence electrons. The highest BCUT2D eigenvalue weighted by atomic mass is 15.0. The third kappa shape index (κ3) is 5.34. The van der Waals surface area contributed by atoms with Gasteiger partial charge in [-0.15, -0.1) is 0 Å². The molecule has 1 aliphatic rings. The van der Waals surface area contributed by atoms with Crippen LogP contribution in [0.5, 0.6) is 0 Å². The van der Waals surface area contributed by atoms with Crippen LogP contribution in [0.4, 0.5) is 0 Å². The predicted molar refractivity (Wildman–Crippen MR) is 248 cm³/mol. The highest BCUT2D eigenvalue weighted by Crippen LogP contribution is 2.51. The van der Waals surface area contributed by atoms with Crippen LogP contribution < -0.4 is 0 Å². The average Bonchev–Trinajstić information content (AvgIpc) is 3.75. The minimum atomic E-state index is -0.143. The summed E-state index contributed by atoms with van der Waals surface area (Å²) in [6.45, 7) is 4.71. The zero-order valence-electron chi connectivity index (χ0n) is 33.3. The van der Waals surface area contributed by atoms with E-state index in [9.17, 15) is 0 Å². The van der Waals surface area contributed by atoms with E-state index in [1.165, 1.54) is 60.1 Å². The highest BCUT2D eigenvalue weighted by Gasteiger charge is 2.36. The first-order chi connectivity index (χ1) is 29.5. The Morgan fingerprint density at radius 3 is 1.72 bits per heavy atom. The molecule has 0 radical (unpaired) electrons. The van der Waals surface area contributed by atoms with Crippen LogP contribution in [0, 0.1) is 0 Å². The van der Waals surface area contributed by atoms with Crippen molar-refractivity contribution >= 4 is 43.4 Å². The van der Waals surface area contributed by atoms with Crippen LogP contribution in [-0.4, -0.2) is 19.5 Å². The number of para-hydroxylation sites is 1. The van der Waals surface area contributed by atoms with Gasteiger partial charge < -0.3 is 4.57 Å². The van der Waals surface area contributed by atoms with Gasteiger partial charge in [0.05, 0.1) is 11.0 Å². The summed E-state index contributed by atoms with van der Waals surface area (Å²) in [5.41, 5.74) is 13.6. The molecule has 0 saturated carbocycles. The smallest absolute Gasteiger partial charge is 0.164 e. The number of hydrogen-bond acceptors (Lipinski definition) is 3. The van der Waals surface area contributed by atoms with E-state index in [1.807, 2.05) is 36.4 Å². The van der Waals surface area contributed by atoms with Crippen molar-refractivity contribution in [3.8, 4) is 62.1 Å². The summed E-state index contributed by atoms with van der Waals surface area (Å²) in [5, 5.41) is 7.39. The molecule has 9 aromatic carbocycles. The number of rotatable bonds is 5. The molecule has 0 N–H and O–H groups in total. The van der Waals surface area contributed by atoms with Crippen molar-refractivity contribution in [2.24, 2.45) is 0 Å². The van der Waals surface area contributed by atoms with Gasteiger partial charge in [0.1, 0.15) is 0 Å². The summed E-state index contributed by atoms with van der Waals surface area (Å²) in [7, 11) is 0. The molecule has 0 aliphatic heterocycles. The molecule has 0 unspecified atom stereocenters. The summed E-state index contributed by atoms with van der Waals surface area (Å²) in [4.78, 5) is 15.5. The number of hydrogen-bond donors (Lipinski definition) is 0. The van der Waals surface area contributed by atoms with Gasteiger partial charge in [-0.2, -0.15) is 0 Å². The third-order valence-electron chi connectivity index (χ3n) is 12.6. The minimum absolute atomic E-state index is 0.143. The van der Waals surface area contributed by atoms with Gasteiger partial charge in [-0.3, -0.25) is 0 Å². The molecule has 0 atom stereocenters. The SMILES string of the molecule is CC1(C)c2ccccc2-c2cc3c4ccccc4n(-c4cc(-c5ccc6c(ccc7ccccc76)c5)cc(-c5nc(-c6ccccc6)nc(-c6ccccc6)n5)c4)c3cc21. The zero-order valence-corrected chi connectivity index (χ0v) is 33.3. The van der Waals surface area contributed by atoms with Gasteiger partial charge in [-0.05, 0) is 97.4 Å². The summed E-state index contributed by atoms with van der Waals surface area (Å²) in [5.74, 6) is 1.90. The predicted octanol–water partition coefficient (Wildman–Crippen LogP) is 14.2.